The van der Waals surface area contributed by atoms with Gasteiger partial charge < -0.3 is 10.2 Å². The Morgan fingerprint density at radius 1 is 1.53 bits per heavy atom. The first-order chi connectivity index (χ1) is 9.06. The molecule has 1 aromatic carbocycles. The molecule has 104 valence electrons. The van der Waals surface area contributed by atoms with Gasteiger partial charge in [-0.25, -0.2) is 0 Å². The number of nitrogens with one attached hydrogen (secondary N) is 1. The van der Waals surface area contributed by atoms with E-state index in [1.807, 2.05) is 6.07 Å². The highest BCUT2D eigenvalue weighted by Crippen LogP contribution is 2.17. The standard InChI is InChI=1S/C14H21N3O2/c1-11-10-16(2)7-6-14(11)15-9-12-4-3-5-13(8-12)17(18)19/h3-5,8,11,14-15H,6-7,9-10H2,1-2H3. The Balaban J connectivity index is 1.91. The highest BCUT2D eigenvalue weighted by molar-refractivity contribution is 5.34. The Bertz CT molecular complexity index is 450. The molecular weight excluding hydrogens is 242 g/mol. The van der Waals surface area contributed by atoms with Gasteiger partial charge in [0.25, 0.3) is 5.69 Å². The fourth-order valence-corrected chi connectivity index (χ4v) is 2.69. The molecule has 0 saturated carbocycles. The maximum absolute atomic E-state index is 10.7. The lowest BCUT2D eigenvalue weighted by molar-refractivity contribution is -0.384. The van der Waals surface area contributed by atoms with Gasteiger partial charge in [0.1, 0.15) is 0 Å². The van der Waals surface area contributed by atoms with Crippen molar-refractivity contribution in [3.05, 3.63) is 39.9 Å². The molecule has 2 rings (SSSR count). The molecule has 0 aliphatic carbocycles. The van der Waals surface area contributed by atoms with Crippen molar-refractivity contribution in [1.82, 2.24) is 10.2 Å². The molecule has 1 aliphatic heterocycles. The van der Waals surface area contributed by atoms with Crippen molar-refractivity contribution in [2.45, 2.75) is 25.9 Å². The monoisotopic (exact) mass is 263 g/mol. The molecule has 0 amide bonds. The Morgan fingerprint density at radius 2 is 2.32 bits per heavy atom. The van der Waals surface area contributed by atoms with Gasteiger partial charge >= 0.3 is 0 Å². The second-order valence-electron chi connectivity index (χ2n) is 5.44. The maximum Gasteiger partial charge on any atom is 0.269 e. The van der Waals surface area contributed by atoms with E-state index in [0.29, 0.717) is 18.5 Å². The number of benzene rings is 1. The summed E-state index contributed by atoms with van der Waals surface area (Å²) in [5, 5.41) is 14.3. The normalized spacial score (nSPS) is 24.3. The van der Waals surface area contributed by atoms with Crippen molar-refractivity contribution >= 4 is 5.69 Å². The largest absolute Gasteiger partial charge is 0.310 e. The van der Waals surface area contributed by atoms with E-state index in [1.165, 1.54) is 6.07 Å². The molecule has 5 heteroatoms. The third-order valence-corrected chi connectivity index (χ3v) is 3.80. The fraction of sp³-hybridized carbons (Fsp3) is 0.571. The molecule has 19 heavy (non-hydrogen) atoms. The van der Waals surface area contributed by atoms with Crippen LogP contribution in [0.4, 0.5) is 5.69 Å². The van der Waals surface area contributed by atoms with Gasteiger partial charge in [0.15, 0.2) is 0 Å². The molecule has 1 aliphatic rings. The van der Waals surface area contributed by atoms with E-state index in [1.54, 1.807) is 12.1 Å². The molecule has 1 aromatic rings. The van der Waals surface area contributed by atoms with Crippen LogP contribution in [-0.2, 0) is 6.54 Å². The molecule has 5 nitrogen and oxygen atoms in total. The summed E-state index contributed by atoms with van der Waals surface area (Å²) in [6, 6.07) is 7.34. The zero-order chi connectivity index (χ0) is 13.8. The Hall–Kier alpha value is -1.46. The SMILES string of the molecule is CC1CN(C)CCC1NCc1cccc([N+](=O)[O-])c1. The van der Waals surface area contributed by atoms with Gasteiger partial charge in [-0.3, -0.25) is 10.1 Å². The van der Waals surface area contributed by atoms with Crippen molar-refractivity contribution in [1.29, 1.82) is 0 Å². The lowest BCUT2D eigenvalue weighted by Crippen LogP contribution is -2.46. The summed E-state index contributed by atoms with van der Waals surface area (Å²) in [4.78, 5) is 12.7. The first-order valence-corrected chi connectivity index (χ1v) is 6.71. The minimum Gasteiger partial charge on any atom is -0.310 e. The van der Waals surface area contributed by atoms with Crippen LogP contribution in [0.1, 0.15) is 18.9 Å². The third-order valence-electron chi connectivity index (χ3n) is 3.80. The van der Waals surface area contributed by atoms with Crippen LogP contribution >= 0.6 is 0 Å². The fourth-order valence-electron chi connectivity index (χ4n) is 2.69. The molecular formula is C14H21N3O2. The number of likely N-dealkylation sites (tertiary alicyclic amines) is 1. The molecule has 1 N–H and O–H groups in total. The smallest absolute Gasteiger partial charge is 0.269 e. The lowest BCUT2D eigenvalue weighted by Gasteiger charge is -2.35. The van der Waals surface area contributed by atoms with Crippen LogP contribution in [0.25, 0.3) is 0 Å². The number of non-ortho nitro benzene ring substituents is 1. The van der Waals surface area contributed by atoms with E-state index in [9.17, 15) is 10.1 Å². The second kappa shape index (κ2) is 6.12. The van der Waals surface area contributed by atoms with Gasteiger partial charge in [0.05, 0.1) is 4.92 Å². The quantitative estimate of drug-likeness (QED) is 0.667. The van der Waals surface area contributed by atoms with Crippen LogP contribution in [0.5, 0.6) is 0 Å². The van der Waals surface area contributed by atoms with E-state index < -0.39 is 0 Å². The molecule has 2 atom stereocenters. The average Bonchev–Trinajstić information content (AvgIpc) is 2.38. The van der Waals surface area contributed by atoms with Crippen LogP contribution in [0.15, 0.2) is 24.3 Å². The van der Waals surface area contributed by atoms with Gasteiger partial charge in [0, 0.05) is 31.3 Å². The highest BCUT2D eigenvalue weighted by atomic mass is 16.6. The number of nitrogens with zero attached hydrogens (tertiary/aromatic N) is 2. The summed E-state index contributed by atoms with van der Waals surface area (Å²) in [7, 11) is 2.15. The molecule has 1 saturated heterocycles. The zero-order valence-corrected chi connectivity index (χ0v) is 11.5. The van der Waals surface area contributed by atoms with Crippen molar-refractivity contribution < 1.29 is 4.92 Å². The van der Waals surface area contributed by atoms with Crippen molar-refractivity contribution in [3.63, 3.8) is 0 Å². The van der Waals surface area contributed by atoms with E-state index in [2.05, 4.69) is 24.2 Å². The van der Waals surface area contributed by atoms with Crippen LogP contribution in [-0.4, -0.2) is 36.0 Å². The van der Waals surface area contributed by atoms with Gasteiger partial charge in [0.2, 0.25) is 0 Å². The van der Waals surface area contributed by atoms with E-state index >= 15 is 0 Å². The summed E-state index contributed by atoms with van der Waals surface area (Å²) in [6.45, 7) is 5.16. The number of rotatable bonds is 4. The van der Waals surface area contributed by atoms with Crippen LogP contribution in [0.3, 0.4) is 0 Å². The van der Waals surface area contributed by atoms with Crippen molar-refractivity contribution in [2.75, 3.05) is 20.1 Å². The van der Waals surface area contributed by atoms with Crippen LogP contribution in [0.2, 0.25) is 0 Å². The number of nitro benzene ring substituents is 1. The van der Waals surface area contributed by atoms with Crippen LogP contribution in [0, 0.1) is 16.0 Å². The zero-order valence-electron chi connectivity index (χ0n) is 11.5. The predicted octanol–water partition coefficient (Wildman–Crippen LogP) is 2.02. The minimum absolute atomic E-state index is 0.163. The average molecular weight is 263 g/mol. The van der Waals surface area contributed by atoms with Gasteiger partial charge in [-0.05, 0) is 31.5 Å². The number of nitro groups is 1. The summed E-state index contributed by atoms with van der Waals surface area (Å²) in [5.74, 6) is 0.609. The van der Waals surface area contributed by atoms with E-state index in [-0.39, 0.29) is 10.6 Å². The molecule has 0 aromatic heterocycles. The first kappa shape index (κ1) is 14.0. The van der Waals surface area contributed by atoms with Gasteiger partial charge in [-0.15, -0.1) is 0 Å². The van der Waals surface area contributed by atoms with Crippen LogP contribution < -0.4 is 5.32 Å². The Morgan fingerprint density at radius 3 is 3.00 bits per heavy atom. The topological polar surface area (TPSA) is 58.4 Å². The molecule has 1 fully saturated rings. The van der Waals surface area contributed by atoms with Gasteiger partial charge in [-0.2, -0.15) is 0 Å². The molecule has 2 unspecified atom stereocenters. The molecule has 0 radical (unpaired) electrons. The summed E-state index contributed by atoms with van der Waals surface area (Å²) < 4.78 is 0. The molecule has 0 spiro atoms. The number of hydrogen-bond acceptors (Lipinski definition) is 4. The summed E-state index contributed by atoms with van der Waals surface area (Å²) in [5.41, 5.74) is 1.14. The molecule has 0 bridgehead atoms. The van der Waals surface area contributed by atoms with E-state index in [0.717, 1.165) is 25.1 Å². The summed E-state index contributed by atoms with van der Waals surface area (Å²) >= 11 is 0. The van der Waals surface area contributed by atoms with E-state index in [4.69, 9.17) is 0 Å². The number of piperidine rings is 1. The summed E-state index contributed by atoms with van der Waals surface area (Å²) in [6.07, 6.45) is 1.13. The van der Waals surface area contributed by atoms with Crippen molar-refractivity contribution in [3.8, 4) is 0 Å². The lowest BCUT2D eigenvalue weighted by atomic mass is 9.94. The Labute approximate surface area is 113 Å². The van der Waals surface area contributed by atoms with Gasteiger partial charge in [-0.1, -0.05) is 19.1 Å². The number of hydrogen-bond donors (Lipinski definition) is 1. The third kappa shape index (κ3) is 3.75. The second-order valence-corrected chi connectivity index (χ2v) is 5.44. The Kier molecular flexibility index (Phi) is 4.50. The highest BCUT2D eigenvalue weighted by Gasteiger charge is 2.23. The predicted molar refractivity (Wildman–Crippen MR) is 75.0 cm³/mol. The first-order valence-electron chi connectivity index (χ1n) is 6.71. The minimum atomic E-state index is -0.346. The molecule has 1 heterocycles. The van der Waals surface area contributed by atoms with Crippen molar-refractivity contribution in [2.24, 2.45) is 5.92 Å². The maximum atomic E-state index is 10.7.